The van der Waals surface area contributed by atoms with Crippen LogP contribution in [0.3, 0.4) is 0 Å². The van der Waals surface area contributed by atoms with E-state index in [4.69, 9.17) is 14.2 Å². The van der Waals surface area contributed by atoms with Crippen LogP contribution in [-0.4, -0.2) is 66.8 Å². The summed E-state index contributed by atoms with van der Waals surface area (Å²) in [6.45, 7) is 4.17. The first-order valence-electron chi connectivity index (χ1n) is 12.7. The SMILES string of the molecule is CCOCCCN(CC(=O)N(Cc1ccccc1)Cc1cccn1C)C(=O)Nc1cc(OC)cc(OC)c1. The Morgan fingerprint density at radius 2 is 1.63 bits per heavy atom. The Morgan fingerprint density at radius 3 is 2.24 bits per heavy atom. The molecule has 0 aliphatic carbocycles. The molecule has 0 spiro atoms. The predicted molar refractivity (Wildman–Crippen MR) is 147 cm³/mol. The normalized spacial score (nSPS) is 10.6. The van der Waals surface area contributed by atoms with Gasteiger partial charge in [-0.3, -0.25) is 4.79 Å². The molecule has 3 rings (SSSR count). The molecule has 0 fully saturated rings. The summed E-state index contributed by atoms with van der Waals surface area (Å²) in [4.78, 5) is 30.4. The molecule has 0 saturated carbocycles. The molecular formula is C29H38N4O5. The van der Waals surface area contributed by atoms with Crippen LogP contribution in [0.2, 0.25) is 0 Å². The van der Waals surface area contributed by atoms with Gasteiger partial charge in [0.1, 0.15) is 18.0 Å². The van der Waals surface area contributed by atoms with Crippen molar-refractivity contribution in [1.29, 1.82) is 0 Å². The van der Waals surface area contributed by atoms with Gasteiger partial charge >= 0.3 is 6.03 Å². The van der Waals surface area contributed by atoms with Gasteiger partial charge in [0.25, 0.3) is 0 Å². The lowest BCUT2D eigenvalue weighted by Crippen LogP contribution is -2.44. The topological polar surface area (TPSA) is 85.3 Å². The number of carbonyl (C=O) groups is 2. The number of hydrogen-bond acceptors (Lipinski definition) is 5. The van der Waals surface area contributed by atoms with Crippen molar-refractivity contribution in [3.8, 4) is 11.5 Å². The molecule has 1 N–H and O–H groups in total. The van der Waals surface area contributed by atoms with Gasteiger partial charge in [-0.2, -0.15) is 0 Å². The molecule has 0 atom stereocenters. The van der Waals surface area contributed by atoms with Crippen LogP contribution in [0.4, 0.5) is 10.5 Å². The van der Waals surface area contributed by atoms with Crippen LogP contribution >= 0.6 is 0 Å². The van der Waals surface area contributed by atoms with Crippen LogP contribution in [0.15, 0.2) is 66.9 Å². The van der Waals surface area contributed by atoms with Crippen molar-refractivity contribution in [3.63, 3.8) is 0 Å². The first-order valence-corrected chi connectivity index (χ1v) is 12.7. The predicted octanol–water partition coefficient (Wildman–Crippen LogP) is 4.53. The Hall–Kier alpha value is -3.98. The maximum atomic E-state index is 13.7. The van der Waals surface area contributed by atoms with Crippen molar-refractivity contribution in [2.45, 2.75) is 26.4 Å². The minimum atomic E-state index is -0.385. The Bertz CT molecular complexity index is 1140. The van der Waals surface area contributed by atoms with Crippen LogP contribution < -0.4 is 14.8 Å². The van der Waals surface area contributed by atoms with E-state index in [9.17, 15) is 9.59 Å². The molecule has 204 valence electrons. The molecule has 3 amide bonds. The Kier molecular flexibility index (Phi) is 11.0. The molecule has 0 radical (unpaired) electrons. The second kappa shape index (κ2) is 14.7. The summed E-state index contributed by atoms with van der Waals surface area (Å²) in [6.07, 6.45) is 2.56. The summed E-state index contributed by atoms with van der Waals surface area (Å²) < 4.78 is 18.1. The third-order valence-corrected chi connectivity index (χ3v) is 6.11. The van der Waals surface area contributed by atoms with Crippen molar-refractivity contribution >= 4 is 17.6 Å². The number of aromatic nitrogens is 1. The lowest BCUT2D eigenvalue weighted by molar-refractivity contribution is -0.133. The fraction of sp³-hybridized carbons (Fsp3) is 0.379. The minimum Gasteiger partial charge on any atom is -0.497 e. The van der Waals surface area contributed by atoms with E-state index in [-0.39, 0.29) is 18.5 Å². The lowest BCUT2D eigenvalue weighted by atomic mass is 10.2. The first-order chi connectivity index (χ1) is 18.4. The summed E-state index contributed by atoms with van der Waals surface area (Å²) >= 11 is 0. The van der Waals surface area contributed by atoms with Gasteiger partial charge in [0, 0.05) is 69.1 Å². The molecule has 9 nitrogen and oxygen atoms in total. The highest BCUT2D eigenvalue weighted by atomic mass is 16.5. The lowest BCUT2D eigenvalue weighted by Gasteiger charge is -2.28. The molecule has 9 heteroatoms. The summed E-state index contributed by atoms with van der Waals surface area (Å²) in [7, 11) is 5.05. The van der Waals surface area contributed by atoms with Crippen LogP contribution in [0.25, 0.3) is 0 Å². The van der Waals surface area contributed by atoms with Crippen LogP contribution in [0.1, 0.15) is 24.6 Å². The molecule has 0 bridgehead atoms. The van der Waals surface area contributed by atoms with Crippen molar-refractivity contribution in [2.75, 3.05) is 45.8 Å². The molecule has 2 aromatic carbocycles. The molecule has 3 aromatic rings. The highest BCUT2D eigenvalue weighted by molar-refractivity contribution is 5.92. The number of amides is 3. The van der Waals surface area contributed by atoms with Gasteiger partial charge in [-0.1, -0.05) is 30.3 Å². The Balaban J connectivity index is 1.79. The number of carbonyl (C=O) groups excluding carboxylic acids is 2. The van der Waals surface area contributed by atoms with Crippen LogP contribution in [-0.2, 0) is 29.7 Å². The maximum absolute atomic E-state index is 13.7. The number of aryl methyl sites for hydroxylation is 1. The number of nitrogens with one attached hydrogen (secondary N) is 1. The molecule has 0 aliphatic heterocycles. The van der Waals surface area contributed by atoms with Gasteiger partial charge in [-0.05, 0) is 31.0 Å². The van der Waals surface area contributed by atoms with Crippen molar-refractivity contribution < 1.29 is 23.8 Å². The fourth-order valence-corrected chi connectivity index (χ4v) is 3.99. The zero-order valence-corrected chi connectivity index (χ0v) is 22.7. The van der Waals surface area contributed by atoms with E-state index in [0.29, 0.717) is 56.5 Å². The second-order valence-electron chi connectivity index (χ2n) is 8.85. The van der Waals surface area contributed by atoms with E-state index >= 15 is 0 Å². The van der Waals surface area contributed by atoms with Gasteiger partial charge in [0.15, 0.2) is 0 Å². The number of hydrogen-bond donors (Lipinski definition) is 1. The standard InChI is InChI=1S/C29H38N4O5/c1-5-38-16-10-15-32(29(35)30-24-17-26(36-3)19-27(18-24)37-4)22-28(34)33(20-23-11-7-6-8-12-23)21-25-13-9-14-31(25)2/h6-9,11-14,17-19H,5,10,15-16,20-22H2,1-4H3,(H,30,35). The van der Waals surface area contributed by atoms with Gasteiger partial charge in [-0.15, -0.1) is 0 Å². The fourth-order valence-electron chi connectivity index (χ4n) is 3.99. The number of methoxy groups -OCH3 is 2. The Morgan fingerprint density at radius 1 is 0.921 bits per heavy atom. The third-order valence-electron chi connectivity index (χ3n) is 6.11. The summed E-state index contributed by atoms with van der Waals surface area (Å²) in [5.41, 5.74) is 2.54. The molecular weight excluding hydrogens is 484 g/mol. The molecule has 1 aromatic heterocycles. The van der Waals surface area contributed by atoms with Gasteiger partial charge in [0.2, 0.25) is 5.91 Å². The van der Waals surface area contributed by atoms with E-state index in [1.165, 1.54) is 4.90 Å². The van der Waals surface area contributed by atoms with E-state index in [1.54, 1.807) is 37.3 Å². The largest absolute Gasteiger partial charge is 0.497 e. The maximum Gasteiger partial charge on any atom is 0.322 e. The van der Waals surface area contributed by atoms with Crippen LogP contribution in [0, 0.1) is 0 Å². The minimum absolute atomic E-state index is 0.0731. The monoisotopic (exact) mass is 522 g/mol. The molecule has 1 heterocycles. The summed E-state index contributed by atoms with van der Waals surface area (Å²) in [5, 5.41) is 2.89. The first kappa shape index (κ1) is 28.6. The second-order valence-corrected chi connectivity index (χ2v) is 8.85. The van der Waals surface area contributed by atoms with E-state index in [1.807, 2.05) is 67.2 Å². The molecule has 0 unspecified atom stereocenters. The van der Waals surface area contributed by atoms with Crippen LogP contribution in [0.5, 0.6) is 11.5 Å². The third kappa shape index (κ3) is 8.55. The van der Waals surface area contributed by atoms with Crippen molar-refractivity contribution in [2.24, 2.45) is 7.05 Å². The average Bonchev–Trinajstić information content (AvgIpc) is 3.34. The van der Waals surface area contributed by atoms with Crippen molar-refractivity contribution in [1.82, 2.24) is 14.4 Å². The zero-order chi connectivity index (χ0) is 27.3. The number of rotatable bonds is 14. The number of ether oxygens (including phenoxy) is 3. The highest BCUT2D eigenvalue weighted by Crippen LogP contribution is 2.26. The highest BCUT2D eigenvalue weighted by Gasteiger charge is 2.23. The van der Waals surface area contributed by atoms with Gasteiger partial charge < -0.3 is 33.9 Å². The molecule has 38 heavy (non-hydrogen) atoms. The number of benzene rings is 2. The van der Waals surface area contributed by atoms with Gasteiger partial charge in [-0.25, -0.2) is 4.79 Å². The summed E-state index contributed by atoms with van der Waals surface area (Å²) in [5.74, 6) is 0.954. The molecule has 0 saturated heterocycles. The number of nitrogens with zero attached hydrogens (tertiary/aromatic N) is 3. The van der Waals surface area contributed by atoms with Crippen molar-refractivity contribution in [3.05, 3.63) is 78.1 Å². The zero-order valence-electron chi connectivity index (χ0n) is 22.7. The van der Waals surface area contributed by atoms with E-state index in [0.717, 1.165) is 11.3 Å². The summed E-state index contributed by atoms with van der Waals surface area (Å²) in [6, 6.07) is 18.5. The molecule has 0 aliphatic rings. The quantitative estimate of drug-likeness (QED) is 0.315. The van der Waals surface area contributed by atoms with Gasteiger partial charge in [0.05, 0.1) is 20.8 Å². The average molecular weight is 523 g/mol. The number of urea groups is 1. The van der Waals surface area contributed by atoms with E-state index in [2.05, 4.69) is 5.32 Å². The number of anilines is 1. The van der Waals surface area contributed by atoms with E-state index < -0.39 is 0 Å². The smallest absolute Gasteiger partial charge is 0.322 e. The Labute approximate surface area is 224 Å².